The Balaban J connectivity index is 2.22. The molecule has 1 atom stereocenters. The van der Waals surface area contributed by atoms with Crippen LogP contribution in [0.2, 0.25) is 0 Å². The highest BCUT2D eigenvalue weighted by molar-refractivity contribution is 8.13. The van der Waals surface area contributed by atoms with Crippen molar-refractivity contribution in [2.45, 2.75) is 17.2 Å². The molecule has 78 valence electrons. The summed E-state index contributed by atoms with van der Waals surface area (Å²) in [5.74, 6) is 0.361. The number of nitrogens with zero attached hydrogens (tertiary/aromatic N) is 2. The van der Waals surface area contributed by atoms with Gasteiger partial charge in [0.2, 0.25) is 0 Å². The fourth-order valence-corrected chi connectivity index (χ4v) is 2.07. The first kappa shape index (κ1) is 12.0. The Bertz CT molecular complexity index is 272. The van der Waals surface area contributed by atoms with E-state index in [-0.39, 0.29) is 0 Å². The minimum absolute atomic E-state index is 0.361. The third kappa shape index (κ3) is 3.56. The van der Waals surface area contributed by atoms with Gasteiger partial charge in [-0.25, -0.2) is 0 Å². The molecule has 0 aromatic carbocycles. The van der Waals surface area contributed by atoms with E-state index in [4.69, 9.17) is 28.5 Å². The third-order valence-electron chi connectivity index (χ3n) is 2.04. The number of rotatable bonds is 3. The Hall–Kier alpha value is -0.110. The van der Waals surface area contributed by atoms with Crippen LogP contribution in [0.5, 0.6) is 0 Å². The monoisotopic (exact) mass is 251 g/mol. The first-order valence-corrected chi connectivity index (χ1v) is 6.19. The highest BCUT2D eigenvalue weighted by Crippen LogP contribution is 2.54. The highest BCUT2D eigenvalue weighted by Gasteiger charge is 2.50. The van der Waals surface area contributed by atoms with Gasteiger partial charge in [-0.2, -0.15) is 5.26 Å². The zero-order chi connectivity index (χ0) is 10.6. The molecule has 0 heterocycles. The third-order valence-corrected chi connectivity index (χ3v) is 3.59. The van der Waals surface area contributed by atoms with Crippen LogP contribution in [0.15, 0.2) is 4.99 Å². The predicted molar refractivity (Wildman–Crippen MR) is 61.7 cm³/mol. The van der Waals surface area contributed by atoms with Gasteiger partial charge in [0.15, 0.2) is 11.4 Å². The SMILES string of the molecule is CSC(=NCC[C@H]1CC1(Cl)Cl)NC#N. The normalized spacial score (nSPS) is 24.1. The van der Waals surface area contributed by atoms with Gasteiger partial charge in [0.1, 0.15) is 4.33 Å². The highest BCUT2D eigenvalue weighted by atomic mass is 35.5. The van der Waals surface area contributed by atoms with E-state index in [0.29, 0.717) is 17.6 Å². The zero-order valence-corrected chi connectivity index (χ0v) is 10.1. The molecule has 1 rings (SSSR count). The van der Waals surface area contributed by atoms with E-state index in [1.165, 1.54) is 11.8 Å². The molecule has 0 unspecified atom stereocenters. The number of hydrogen-bond donors (Lipinski definition) is 1. The Kier molecular flexibility index (Phi) is 4.36. The van der Waals surface area contributed by atoms with Crippen LogP contribution in [0.4, 0.5) is 0 Å². The summed E-state index contributed by atoms with van der Waals surface area (Å²) in [6.07, 6.45) is 5.44. The molecule has 1 fully saturated rings. The molecule has 0 saturated heterocycles. The second kappa shape index (κ2) is 5.11. The average molecular weight is 252 g/mol. The standard InChI is InChI=1S/C8H11Cl2N3S/c1-14-7(13-5-11)12-3-2-6-4-8(6,9)10/h6H,2-4H2,1H3,(H,12,13)/t6-/m0/s1. The van der Waals surface area contributed by atoms with Crippen molar-refractivity contribution < 1.29 is 0 Å². The van der Waals surface area contributed by atoms with Crippen molar-refractivity contribution in [1.82, 2.24) is 5.32 Å². The fourth-order valence-electron chi connectivity index (χ4n) is 1.11. The van der Waals surface area contributed by atoms with Crippen LogP contribution in [0.1, 0.15) is 12.8 Å². The van der Waals surface area contributed by atoms with Crippen molar-refractivity contribution in [3.8, 4) is 6.19 Å². The van der Waals surface area contributed by atoms with Gasteiger partial charge in [-0.15, -0.1) is 23.2 Å². The lowest BCUT2D eigenvalue weighted by Crippen LogP contribution is -2.13. The summed E-state index contributed by atoms with van der Waals surface area (Å²) >= 11 is 13.1. The molecule has 1 aliphatic rings. The molecule has 1 saturated carbocycles. The maximum absolute atomic E-state index is 8.37. The molecule has 1 aliphatic carbocycles. The molecule has 0 bridgehead atoms. The van der Waals surface area contributed by atoms with E-state index in [1.54, 1.807) is 0 Å². The Morgan fingerprint density at radius 3 is 2.86 bits per heavy atom. The van der Waals surface area contributed by atoms with E-state index < -0.39 is 4.33 Å². The number of halogens is 2. The molecule has 0 aliphatic heterocycles. The van der Waals surface area contributed by atoms with Crippen LogP contribution >= 0.6 is 35.0 Å². The average Bonchev–Trinajstić information content (AvgIpc) is 2.73. The van der Waals surface area contributed by atoms with Crippen LogP contribution in [0, 0.1) is 17.4 Å². The van der Waals surface area contributed by atoms with Crippen molar-refractivity contribution in [3.63, 3.8) is 0 Å². The van der Waals surface area contributed by atoms with Gasteiger partial charge in [-0.3, -0.25) is 10.3 Å². The molecule has 0 aromatic rings. The molecule has 0 spiro atoms. The second-order valence-electron chi connectivity index (χ2n) is 3.08. The van der Waals surface area contributed by atoms with Crippen molar-refractivity contribution in [2.75, 3.05) is 12.8 Å². The van der Waals surface area contributed by atoms with Gasteiger partial charge in [-0.1, -0.05) is 11.8 Å². The van der Waals surface area contributed by atoms with Crippen molar-refractivity contribution >= 4 is 40.1 Å². The van der Waals surface area contributed by atoms with Crippen molar-refractivity contribution in [3.05, 3.63) is 0 Å². The maximum Gasteiger partial charge on any atom is 0.183 e. The van der Waals surface area contributed by atoms with E-state index in [2.05, 4.69) is 10.3 Å². The smallest absolute Gasteiger partial charge is 0.183 e. The van der Waals surface area contributed by atoms with E-state index in [0.717, 1.165) is 12.8 Å². The first-order valence-electron chi connectivity index (χ1n) is 4.21. The molecule has 0 amide bonds. The minimum atomic E-state index is -0.516. The summed E-state index contributed by atoms with van der Waals surface area (Å²) in [5.41, 5.74) is 0. The quantitative estimate of drug-likeness (QED) is 0.276. The topological polar surface area (TPSA) is 48.2 Å². The number of nitriles is 1. The predicted octanol–water partition coefficient (Wildman–Crippen LogP) is 2.36. The molecule has 6 heteroatoms. The summed E-state index contributed by atoms with van der Waals surface area (Å²) in [4.78, 5) is 4.21. The van der Waals surface area contributed by atoms with E-state index >= 15 is 0 Å². The van der Waals surface area contributed by atoms with Gasteiger partial charge < -0.3 is 0 Å². The molecule has 3 nitrogen and oxygen atoms in total. The molecular weight excluding hydrogens is 241 g/mol. The van der Waals surface area contributed by atoms with Gasteiger partial charge in [0, 0.05) is 6.54 Å². The lowest BCUT2D eigenvalue weighted by Gasteiger charge is -2.00. The fraction of sp³-hybridized carbons (Fsp3) is 0.750. The van der Waals surface area contributed by atoms with Gasteiger partial charge >= 0.3 is 0 Å². The zero-order valence-electron chi connectivity index (χ0n) is 7.76. The number of alkyl halides is 2. The minimum Gasteiger partial charge on any atom is -0.272 e. The number of thioether (sulfide) groups is 1. The van der Waals surface area contributed by atoms with Crippen LogP contribution in [0.3, 0.4) is 0 Å². The van der Waals surface area contributed by atoms with Gasteiger partial charge in [0.05, 0.1) is 0 Å². The van der Waals surface area contributed by atoms with Crippen LogP contribution in [0.25, 0.3) is 0 Å². The molecular formula is C8H11Cl2N3S. The Morgan fingerprint density at radius 2 is 2.43 bits per heavy atom. The van der Waals surface area contributed by atoms with Gasteiger partial charge in [0.25, 0.3) is 0 Å². The molecule has 0 aromatic heterocycles. The van der Waals surface area contributed by atoms with Crippen molar-refractivity contribution in [1.29, 1.82) is 5.26 Å². The number of aliphatic imine (C=N–C) groups is 1. The van der Waals surface area contributed by atoms with Crippen LogP contribution < -0.4 is 5.32 Å². The van der Waals surface area contributed by atoms with E-state index in [1.807, 2.05) is 12.4 Å². The first-order chi connectivity index (χ1) is 6.60. The molecule has 0 radical (unpaired) electrons. The summed E-state index contributed by atoms with van der Waals surface area (Å²) in [5, 5.41) is 11.5. The van der Waals surface area contributed by atoms with Crippen molar-refractivity contribution in [2.24, 2.45) is 10.9 Å². The maximum atomic E-state index is 8.37. The lowest BCUT2D eigenvalue weighted by atomic mass is 10.3. The summed E-state index contributed by atoms with van der Waals surface area (Å²) < 4.78 is -0.516. The van der Waals surface area contributed by atoms with Crippen LogP contribution in [-0.2, 0) is 0 Å². The van der Waals surface area contributed by atoms with Gasteiger partial charge in [-0.05, 0) is 25.0 Å². The number of hydrogen-bond acceptors (Lipinski definition) is 3. The summed E-state index contributed by atoms with van der Waals surface area (Å²) in [7, 11) is 0. The summed E-state index contributed by atoms with van der Waals surface area (Å²) in [6, 6.07) is 0. The van der Waals surface area contributed by atoms with E-state index in [9.17, 15) is 0 Å². The number of amidine groups is 1. The molecule has 1 N–H and O–H groups in total. The van der Waals surface area contributed by atoms with Crippen LogP contribution in [-0.4, -0.2) is 22.3 Å². The Labute approximate surface area is 97.9 Å². The largest absolute Gasteiger partial charge is 0.272 e. The summed E-state index contributed by atoms with van der Waals surface area (Å²) in [6.45, 7) is 0.663. The molecule has 14 heavy (non-hydrogen) atoms. The second-order valence-corrected chi connectivity index (χ2v) is 5.42. The number of nitrogens with one attached hydrogen (secondary N) is 1. The lowest BCUT2D eigenvalue weighted by molar-refractivity contribution is 0.731. The Morgan fingerprint density at radius 1 is 1.79 bits per heavy atom.